The third kappa shape index (κ3) is 2.92. The molecule has 2 heterocycles. The van der Waals surface area contributed by atoms with Gasteiger partial charge in [-0.3, -0.25) is 4.79 Å². The second kappa shape index (κ2) is 6.73. The number of benzene rings is 2. The highest BCUT2D eigenvalue weighted by molar-refractivity contribution is 5.90. The summed E-state index contributed by atoms with van der Waals surface area (Å²) in [6.07, 6.45) is -1.52. The molecule has 8 nitrogen and oxygen atoms in total. The van der Waals surface area contributed by atoms with Crippen LogP contribution < -0.4 is 10.2 Å². The summed E-state index contributed by atoms with van der Waals surface area (Å²) in [6.45, 7) is 4.82. The molecule has 158 valence electrons. The van der Waals surface area contributed by atoms with Crippen molar-refractivity contribution in [2.24, 2.45) is 0 Å². The number of hydrogen-bond acceptors (Lipinski definition) is 8. The average Bonchev–Trinajstić information content (AvgIpc) is 2.66. The van der Waals surface area contributed by atoms with Gasteiger partial charge in [-0.25, -0.2) is 0 Å². The van der Waals surface area contributed by atoms with E-state index in [1.54, 1.807) is 32.9 Å². The first-order chi connectivity index (χ1) is 14.1. The molecule has 0 saturated carbocycles. The zero-order valence-corrected chi connectivity index (χ0v) is 16.7. The van der Waals surface area contributed by atoms with Crippen LogP contribution >= 0.6 is 0 Å². The van der Waals surface area contributed by atoms with Gasteiger partial charge in [0.05, 0.1) is 5.56 Å². The number of aliphatic hydroxyl groups excluding tert-OH is 1. The fourth-order valence-electron chi connectivity index (χ4n) is 3.80. The number of phenols is 2. The third-order valence-corrected chi connectivity index (χ3v) is 5.22. The zero-order chi connectivity index (χ0) is 21.8. The minimum atomic E-state index is -2.25. The van der Waals surface area contributed by atoms with E-state index in [-0.39, 0.29) is 46.1 Å². The van der Waals surface area contributed by atoms with Crippen molar-refractivity contribution < 1.29 is 34.3 Å². The van der Waals surface area contributed by atoms with E-state index >= 15 is 0 Å². The van der Waals surface area contributed by atoms with E-state index < -0.39 is 22.9 Å². The van der Waals surface area contributed by atoms with Crippen LogP contribution in [-0.4, -0.2) is 38.7 Å². The molecule has 0 bridgehead atoms. The van der Waals surface area contributed by atoms with E-state index in [2.05, 4.69) is 0 Å². The topological polar surface area (TPSA) is 130 Å². The maximum atomic E-state index is 12.8. The molecule has 0 amide bonds. The zero-order valence-electron chi connectivity index (χ0n) is 16.7. The van der Waals surface area contributed by atoms with E-state index in [1.807, 2.05) is 0 Å². The predicted molar refractivity (Wildman–Crippen MR) is 107 cm³/mol. The van der Waals surface area contributed by atoms with Gasteiger partial charge in [0.2, 0.25) is 5.79 Å². The maximum Gasteiger partial charge on any atom is 0.230 e. The molecule has 1 aromatic heterocycles. The first-order valence-corrected chi connectivity index (χ1v) is 9.45. The molecular formula is C22H22O8. The highest BCUT2D eigenvalue weighted by Gasteiger charge is 2.55. The summed E-state index contributed by atoms with van der Waals surface area (Å²) in [6, 6.07) is 8.37. The molecule has 3 aromatic rings. The maximum absolute atomic E-state index is 12.8. The van der Waals surface area contributed by atoms with Crippen LogP contribution in [0.5, 0.6) is 17.2 Å². The molecule has 4 N–H and O–H groups in total. The Morgan fingerprint density at radius 3 is 2.43 bits per heavy atom. The number of aromatic hydroxyl groups is 2. The molecule has 4 rings (SSSR count). The molecule has 2 atom stereocenters. The molecule has 1 aliphatic heterocycles. The quantitative estimate of drug-likeness (QED) is 0.481. The van der Waals surface area contributed by atoms with Crippen molar-refractivity contribution in [1.82, 2.24) is 0 Å². The van der Waals surface area contributed by atoms with Gasteiger partial charge in [-0.2, -0.15) is 0 Å². The summed E-state index contributed by atoms with van der Waals surface area (Å²) < 4.78 is 17.3. The molecule has 1 aliphatic rings. The Morgan fingerprint density at radius 2 is 1.80 bits per heavy atom. The predicted octanol–water partition coefficient (Wildman–Crippen LogP) is 2.58. The van der Waals surface area contributed by atoms with Crippen molar-refractivity contribution in [2.45, 2.75) is 38.3 Å². The molecule has 2 aromatic carbocycles. The van der Waals surface area contributed by atoms with Crippen LogP contribution in [0.4, 0.5) is 0 Å². The Morgan fingerprint density at radius 1 is 1.13 bits per heavy atom. The minimum absolute atomic E-state index is 0.0252. The molecule has 0 spiro atoms. The molecule has 0 saturated heterocycles. The van der Waals surface area contributed by atoms with E-state index in [9.17, 15) is 25.2 Å². The second-order valence-electron chi connectivity index (χ2n) is 7.73. The number of fused-ring (bicyclic) bond motifs is 3. The Bertz CT molecular complexity index is 1180. The van der Waals surface area contributed by atoms with E-state index in [0.717, 1.165) is 0 Å². The first kappa shape index (κ1) is 20.2. The monoisotopic (exact) mass is 414 g/mol. The van der Waals surface area contributed by atoms with Crippen molar-refractivity contribution in [1.29, 1.82) is 0 Å². The van der Waals surface area contributed by atoms with Crippen molar-refractivity contribution in [3.05, 3.63) is 52.2 Å². The second-order valence-corrected chi connectivity index (χ2v) is 7.73. The number of phenolic OH excluding ortho intramolecular Hbond substituents is 2. The molecule has 30 heavy (non-hydrogen) atoms. The van der Waals surface area contributed by atoms with Gasteiger partial charge >= 0.3 is 0 Å². The Labute approximate surface area is 171 Å². The van der Waals surface area contributed by atoms with E-state index in [4.69, 9.17) is 13.9 Å². The van der Waals surface area contributed by atoms with Gasteiger partial charge in [0.15, 0.2) is 17.1 Å². The van der Waals surface area contributed by atoms with Crippen LogP contribution in [0.2, 0.25) is 0 Å². The molecule has 0 radical (unpaired) electrons. The van der Waals surface area contributed by atoms with E-state index in [0.29, 0.717) is 5.56 Å². The van der Waals surface area contributed by atoms with Gasteiger partial charge in [-0.1, -0.05) is 0 Å². The lowest BCUT2D eigenvalue weighted by Gasteiger charge is -2.46. The van der Waals surface area contributed by atoms with Crippen molar-refractivity contribution in [3.8, 4) is 28.6 Å². The minimum Gasteiger partial charge on any atom is -0.508 e. The lowest BCUT2D eigenvalue weighted by Crippen LogP contribution is -2.59. The first-order valence-electron chi connectivity index (χ1n) is 9.45. The van der Waals surface area contributed by atoms with Gasteiger partial charge in [0.25, 0.3) is 0 Å². The summed E-state index contributed by atoms with van der Waals surface area (Å²) in [5, 5.41) is 42.0. The summed E-state index contributed by atoms with van der Waals surface area (Å²) in [5.41, 5.74) is -1.57. The van der Waals surface area contributed by atoms with Crippen LogP contribution in [-0.2, 0) is 10.5 Å². The van der Waals surface area contributed by atoms with Crippen LogP contribution in [0.15, 0.2) is 45.6 Å². The number of rotatable bonds is 3. The number of aliphatic hydroxyl groups is 2. The van der Waals surface area contributed by atoms with Crippen LogP contribution in [0.1, 0.15) is 26.3 Å². The summed E-state index contributed by atoms with van der Waals surface area (Å²) in [5.74, 6) is -2.43. The van der Waals surface area contributed by atoms with Gasteiger partial charge in [0.1, 0.15) is 34.0 Å². The summed E-state index contributed by atoms with van der Waals surface area (Å²) >= 11 is 0. The molecular weight excluding hydrogens is 392 g/mol. The summed E-state index contributed by atoms with van der Waals surface area (Å²) in [7, 11) is 0. The Balaban J connectivity index is 2.09. The van der Waals surface area contributed by atoms with Gasteiger partial charge in [-0.15, -0.1) is 0 Å². The molecule has 8 heteroatoms. The Kier molecular flexibility index (Phi) is 4.54. The highest BCUT2D eigenvalue weighted by Crippen LogP contribution is 2.49. The standard InChI is InChI=1S/C22H22O8/c1-4-28-22(27)18-16(30-21(2,3)20(22)26)10-14(25)17-13(24)9-15(29-19(17)18)11-5-7-12(23)8-6-11/h5-10,20,23,25-27H,4H2,1-3H3/t20-,22-/m0/s1. The highest BCUT2D eigenvalue weighted by atomic mass is 16.6. The fourth-order valence-corrected chi connectivity index (χ4v) is 3.80. The number of hydrogen-bond donors (Lipinski definition) is 4. The van der Waals surface area contributed by atoms with Crippen molar-refractivity contribution in [2.75, 3.05) is 6.61 Å². The number of ether oxygens (including phenoxy) is 2. The van der Waals surface area contributed by atoms with Gasteiger partial charge in [-0.05, 0) is 45.0 Å². The van der Waals surface area contributed by atoms with Gasteiger partial charge in [0, 0.05) is 24.3 Å². The lowest BCUT2D eigenvalue weighted by atomic mass is 9.84. The smallest absolute Gasteiger partial charge is 0.230 e. The normalized spacial score (nSPS) is 22.5. The van der Waals surface area contributed by atoms with E-state index in [1.165, 1.54) is 24.3 Å². The van der Waals surface area contributed by atoms with Crippen molar-refractivity contribution >= 4 is 11.0 Å². The molecule has 0 fully saturated rings. The largest absolute Gasteiger partial charge is 0.508 e. The molecule has 0 aliphatic carbocycles. The van der Waals surface area contributed by atoms with Crippen molar-refractivity contribution in [3.63, 3.8) is 0 Å². The Hall–Kier alpha value is -3.07. The van der Waals surface area contributed by atoms with Crippen LogP contribution in [0.3, 0.4) is 0 Å². The fraction of sp³-hybridized carbons (Fsp3) is 0.318. The van der Waals surface area contributed by atoms with Crippen LogP contribution in [0, 0.1) is 0 Å². The average molecular weight is 414 g/mol. The molecule has 0 unspecified atom stereocenters. The lowest BCUT2D eigenvalue weighted by molar-refractivity contribution is -0.302. The third-order valence-electron chi connectivity index (χ3n) is 5.22. The SMILES string of the molecule is CCO[C@@]1(O)c2c(cc(O)c3c(=O)cc(-c4ccc(O)cc4)oc23)OC(C)(C)[C@@H]1O. The van der Waals surface area contributed by atoms with Crippen LogP contribution in [0.25, 0.3) is 22.3 Å². The van der Waals surface area contributed by atoms with Gasteiger partial charge < -0.3 is 34.3 Å². The summed E-state index contributed by atoms with van der Waals surface area (Å²) in [4.78, 5) is 12.8.